The number of aromatic nitrogens is 3. The van der Waals surface area contributed by atoms with Gasteiger partial charge in [-0.1, -0.05) is 42.5 Å². The Kier molecular flexibility index (Phi) is 6.45. The molecule has 0 bridgehead atoms. The highest BCUT2D eigenvalue weighted by atomic mass is 16.1. The van der Waals surface area contributed by atoms with Crippen molar-refractivity contribution in [1.29, 1.82) is 0 Å². The van der Waals surface area contributed by atoms with Gasteiger partial charge in [-0.05, 0) is 49.7 Å². The molecular formula is C25H24N8O. The van der Waals surface area contributed by atoms with E-state index < -0.39 is 0 Å². The third-order valence-electron chi connectivity index (χ3n) is 4.99. The van der Waals surface area contributed by atoms with Gasteiger partial charge in [-0.25, -0.2) is 4.98 Å². The van der Waals surface area contributed by atoms with E-state index in [2.05, 4.69) is 30.8 Å². The summed E-state index contributed by atoms with van der Waals surface area (Å²) in [7, 11) is 0. The van der Waals surface area contributed by atoms with Gasteiger partial charge in [0.1, 0.15) is 5.82 Å². The zero-order chi connectivity index (χ0) is 24.1. The summed E-state index contributed by atoms with van der Waals surface area (Å²) in [5.41, 5.74) is 16.7. The zero-order valence-electron chi connectivity index (χ0n) is 18.8. The molecule has 4 aromatic rings. The number of nitrogens with two attached hydrogens (primary N) is 2. The zero-order valence-corrected chi connectivity index (χ0v) is 18.8. The maximum atomic E-state index is 12.9. The molecule has 0 saturated heterocycles. The lowest BCUT2D eigenvalue weighted by molar-refractivity contribution is 0.102. The van der Waals surface area contributed by atoms with Gasteiger partial charge in [-0.15, -0.1) is 10.2 Å². The number of carbonyl (C=O) groups excluding carboxylic acids is 1. The molecule has 0 fully saturated rings. The average Bonchev–Trinajstić information content (AvgIpc) is 2.81. The molecule has 9 nitrogen and oxygen atoms in total. The number of anilines is 3. The predicted octanol–water partition coefficient (Wildman–Crippen LogP) is 4.05. The minimum Gasteiger partial charge on any atom is -0.383 e. The minimum atomic E-state index is -0.366. The van der Waals surface area contributed by atoms with E-state index in [4.69, 9.17) is 11.5 Å². The van der Waals surface area contributed by atoms with Gasteiger partial charge >= 0.3 is 0 Å². The molecule has 34 heavy (non-hydrogen) atoms. The number of nitrogens with one attached hydrogen (secondary N) is 2. The van der Waals surface area contributed by atoms with Gasteiger partial charge in [0, 0.05) is 11.3 Å². The SMILES string of the molecule is Cc1cc(C)c(C(=O)Nc2ccccc2NC(N)=Nc2ccc(-c3ccccc3)nn2)c(N)n1. The molecule has 4 rings (SSSR count). The van der Waals surface area contributed by atoms with Crippen LogP contribution in [0.4, 0.5) is 23.0 Å². The van der Waals surface area contributed by atoms with E-state index in [0.29, 0.717) is 22.8 Å². The van der Waals surface area contributed by atoms with Gasteiger partial charge in [-0.2, -0.15) is 4.99 Å². The second-order valence-electron chi connectivity index (χ2n) is 7.61. The van der Waals surface area contributed by atoms with E-state index in [0.717, 1.165) is 22.5 Å². The van der Waals surface area contributed by atoms with Crippen LogP contribution in [0.15, 0.2) is 77.8 Å². The summed E-state index contributed by atoms with van der Waals surface area (Å²) in [4.78, 5) is 21.4. The highest BCUT2D eigenvalue weighted by Crippen LogP contribution is 2.24. The summed E-state index contributed by atoms with van der Waals surface area (Å²) in [6.45, 7) is 3.64. The third-order valence-corrected chi connectivity index (χ3v) is 4.99. The van der Waals surface area contributed by atoms with Crippen LogP contribution < -0.4 is 22.1 Å². The fraction of sp³-hybridized carbons (Fsp3) is 0.0800. The van der Waals surface area contributed by atoms with Gasteiger partial charge in [-0.3, -0.25) is 4.79 Å². The van der Waals surface area contributed by atoms with Crippen LogP contribution in [-0.4, -0.2) is 27.0 Å². The Morgan fingerprint density at radius 3 is 2.21 bits per heavy atom. The Labute approximate surface area is 197 Å². The second-order valence-corrected chi connectivity index (χ2v) is 7.61. The normalized spacial score (nSPS) is 11.2. The van der Waals surface area contributed by atoms with Crippen molar-refractivity contribution in [2.24, 2.45) is 10.7 Å². The number of para-hydroxylation sites is 2. The highest BCUT2D eigenvalue weighted by molar-refractivity contribution is 6.10. The minimum absolute atomic E-state index is 0.0937. The van der Waals surface area contributed by atoms with Crippen LogP contribution in [0.2, 0.25) is 0 Å². The Balaban J connectivity index is 1.51. The van der Waals surface area contributed by atoms with Crippen LogP contribution in [0.25, 0.3) is 11.3 Å². The van der Waals surface area contributed by atoms with Crippen molar-refractivity contribution in [2.45, 2.75) is 13.8 Å². The maximum Gasteiger partial charge on any atom is 0.259 e. The number of benzene rings is 2. The number of carbonyl (C=O) groups is 1. The largest absolute Gasteiger partial charge is 0.383 e. The van der Waals surface area contributed by atoms with Crippen molar-refractivity contribution < 1.29 is 4.79 Å². The molecule has 170 valence electrons. The standard InChI is InChI=1S/C25H24N8O/c1-15-14-16(2)28-23(26)22(15)24(34)29-19-10-6-7-11-20(19)30-25(27)31-21-13-12-18(32-33-21)17-8-4-3-5-9-17/h3-14H,1-2H3,(H2,26,28)(H,29,34)(H3,27,30,31,33). The van der Waals surface area contributed by atoms with Crippen molar-refractivity contribution >= 4 is 34.9 Å². The number of nitrogens with zero attached hydrogens (tertiary/aromatic N) is 4. The molecule has 0 aliphatic heterocycles. The highest BCUT2D eigenvalue weighted by Gasteiger charge is 2.16. The summed E-state index contributed by atoms with van der Waals surface area (Å²) >= 11 is 0. The van der Waals surface area contributed by atoms with E-state index in [1.54, 1.807) is 24.3 Å². The Hall–Kier alpha value is -4.79. The van der Waals surface area contributed by atoms with Crippen molar-refractivity contribution in [1.82, 2.24) is 15.2 Å². The van der Waals surface area contributed by atoms with E-state index in [1.807, 2.05) is 62.4 Å². The fourth-order valence-corrected chi connectivity index (χ4v) is 3.48. The van der Waals surface area contributed by atoms with Crippen molar-refractivity contribution in [3.63, 3.8) is 0 Å². The molecule has 1 amide bonds. The maximum absolute atomic E-state index is 12.9. The van der Waals surface area contributed by atoms with E-state index in [-0.39, 0.29) is 17.7 Å². The van der Waals surface area contributed by atoms with Gasteiger partial charge in [0.15, 0.2) is 11.8 Å². The quantitative estimate of drug-likeness (QED) is 0.264. The lowest BCUT2D eigenvalue weighted by Crippen LogP contribution is -2.24. The Bertz CT molecular complexity index is 1330. The molecule has 0 aliphatic carbocycles. The monoisotopic (exact) mass is 452 g/mol. The molecule has 6 N–H and O–H groups in total. The predicted molar refractivity (Wildman–Crippen MR) is 135 cm³/mol. The van der Waals surface area contributed by atoms with E-state index in [9.17, 15) is 4.79 Å². The number of rotatable bonds is 5. The average molecular weight is 453 g/mol. The lowest BCUT2D eigenvalue weighted by atomic mass is 10.1. The lowest BCUT2D eigenvalue weighted by Gasteiger charge is -2.14. The summed E-state index contributed by atoms with van der Waals surface area (Å²) in [5.74, 6) is 0.255. The molecule has 2 aromatic heterocycles. The van der Waals surface area contributed by atoms with Gasteiger partial charge < -0.3 is 22.1 Å². The summed E-state index contributed by atoms with van der Waals surface area (Å²) in [6, 6.07) is 22.2. The van der Waals surface area contributed by atoms with Crippen LogP contribution >= 0.6 is 0 Å². The van der Waals surface area contributed by atoms with Crippen LogP contribution in [0.5, 0.6) is 0 Å². The van der Waals surface area contributed by atoms with Crippen LogP contribution in [0, 0.1) is 13.8 Å². The summed E-state index contributed by atoms with van der Waals surface area (Å²) in [5, 5.41) is 14.2. The number of hydrogen-bond acceptors (Lipinski definition) is 6. The van der Waals surface area contributed by atoms with Gasteiger partial charge in [0.2, 0.25) is 0 Å². The molecule has 0 spiro atoms. The molecule has 9 heteroatoms. The topological polar surface area (TPSA) is 144 Å². The van der Waals surface area contributed by atoms with Gasteiger partial charge in [0.25, 0.3) is 5.91 Å². The number of amides is 1. The van der Waals surface area contributed by atoms with Crippen LogP contribution in [0.3, 0.4) is 0 Å². The van der Waals surface area contributed by atoms with E-state index >= 15 is 0 Å². The molecule has 0 aliphatic rings. The first-order chi connectivity index (χ1) is 16.4. The number of aryl methyl sites for hydroxylation is 2. The Morgan fingerprint density at radius 2 is 1.56 bits per heavy atom. The first kappa shape index (κ1) is 22.4. The fourth-order valence-electron chi connectivity index (χ4n) is 3.48. The number of guanidine groups is 1. The summed E-state index contributed by atoms with van der Waals surface area (Å²) in [6.07, 6.45) is 0. The van der Waals surface area contributed by atoms with Crippen LogP contribution in [0.1, 0.15) is 21.6 Å². The summed E-state index contributed by atoms with van der Waals surface area (Å²) < 4.78 is 0. The van der Waals surface area contributed by atoms with Crippen molar-refractivity contribution in [2.75, 3.05) is 16.4 Å². The second kappa shape index (κ2) is 9.78. The molecule has 2 aromatic carbocycles. The molecule has 0 atom stereocenters. The molecular weight excluding hydrogens is 428 g/mol. The van der Waals surface area contributed by atoms with Crippen LogP contribution in [-0.2, 0) is 0 Å². The number of aliphatic imine (C=N–C) groups is 1. The van der Waals surface area contributed by atoms with Crippen molar-refractivity contribution in [3.8, 4) is 11.3 Å². The first-order valence-corrected chi connectivity index (χ1v) is 10.5. The number of nitrogen functional groups attached to an aromatic ring is 1. The number of pyridine rings is 1. The third kappa shape index (κ3) is 5.16. The molecule has 0 radical (unpaired) electrons. The smallest absolute Gasteiger partial charge is 0.259 e. The molecule has 0 saturated carbocycles. The molecule has 0 unspecified atom stereocenters. The Morgan fingerprint density at radius 1 is 0.882 bits per heavy atom. The van der Waals surface area contributed by atoms with E-state index in [1.165, 1.54) is 0 Å². The number of hydrogen-bond donors (Lipinski definition) is 4. The first-order valence-electron chi connectivity index (χ1n) is 10.5. The van der Waals surface area contributed by atoms with Crippen molar-refractivity contribution in [3.05, 3.63) is 89.6 Å². The van der Waals surface area contributed by atoms with Gasteiger partial charge in [0.05, 0.1) is 22.6 Å². The molecule has 2 heterocycles.